The molecule has 5 nitrogen and oxygen atoms in total. The minimum atomic E-state index is -0.128. The predicted molar refractivity (Wildman–Crippen MR) is 69.9 cm³/mol. The van der Waals surface area contributed by atoms with E-state index in [-0.39, 0.29) is 5.91 Å². The van der Waals surface area contributed by atoms with Gasteiger partial charge in [-0.3, -0.25) is 9.89 Å². The summed E-state index contributed by atoms with van der Waals surface area (Å²) in [4.78, 5) is 14.0. The summed E-state index contributed by atoms with van der Waals surface area (Å²) in [5.41, 5.74) is 7.51. The number of amides is 1. The Kier molecular flexibility index (Phi) is 3.62. The van der Waals surface area contributed by atoms with Crippen LogP contribution >= 0.6 is 0 Å². The third-order valence-corrected chi connectivity index (χ3v) is 2.77. The highest BCUT2D eigenvalue weighted by Crippen LogP contribution is 2.12. The molecule has 1 heterocycles. The number of aromatic nitrogens is 2. The van der Waals surface area contributed by atoms with E-state index in [0.29, 0.717) is 24.5 Å². The number of anilines is 1. The van der Waals surface area contributed by atoms with E-state index in [4.69, 9.17) is 5.73 Å². The molecule has 0 bridgehead atoms. The van der Waals surface area contributed by atoms with Gasteiger partial charge in [0.15, 0.2) is 0 Å². The number of nitrogens with two attached hydrogens (primary N) is 1. The van der Waals surface area contributed by atoms with Crippen molar-refractivity contribution in [3.05, 3.63) is 47.8 Å². The Morgan fingerprint density at radius 2 is 2.11 bits per heavy atom. The van der Waals surface area contributed by atoms with Gasteiger partial charge in [0.05, 0.1) is 11.9 Å². The van der Waals surface area contributed by atoms with Crippen molar-refractivity contribution in [1.82, 2.24) is 15.1 Å². The van der Waals surface area contributed by atoms with Gasteiger partial charge in [-0.25, -0.2) is 0 Å². The topological polar surface area (TPSA) is 75.0 Å². The van der Waals surface area contributed by atoms with Crippen molar-refractivity contribution in [3.8, 4) is 0 Å². The molecule has 3 N–H and O–H groups in total. The van der Waals surface area contributed by atoms with Crippen LogP contribution in [0.1, 0.15) is 23.0 Å². The number of rotatable bonds is 4. The van der Waals surface area contributed by atoms with Crippen LogP contribution in [0.5, 0.6) is 0 Å². The number of carbonyl (C=O) groups is 1. The van der Waals surface area contributed by atoms with E-state index in [1.54, 1.807) is 4.90 Å². The third-order valence-electron chi connectivity index (χ3n) is 2.77. The molecule has 0 spiro atoms. The molecule has 5 heteroatoms. The first kappa shape index (κ1) is 12.2. The second-order valence-electron chi connectivity index (χ2n) is 4.01. The number of benzene rings is 1. The fraction of sp³-hybridized carbons (Fsp3) is 0.231. The van der Waals surface area contributed by atoms with Crippen molar-refractivity contribution in [2.24, 2.45) is 0 Å². The molecule has 0 fully saturated rings. The lowest BCUT2D eigenvalue weighted by Crippen LogP contribution is -2.31. The van der Waals surface area contributed by atoms with Gasteiger partial charge in [0.25, 0.3) is 5.91 Å². The zero-order valence-electron chi connectivity index (χ0n) is 10.3. The van der Waals surface area contributed by atoms with Gasteiger partial charge < -0.3 is 10.6 Å². The van der Waals surface area contributed by atoms with Crippen LogP contribution in [0.15, 0.2) is 36.5 Å². The van der Waals surface area contributed by atoms with Gasteiger partial charge in [0.1, 0.15) is 5.69 Å². The van der Waals surface area contributed by atoms with Crippen molar-refractivity contribution in [2.75, 3.05) is 12.3 Å². The molecule has 94 valence electrons. The highest BCUT2D eigenvalue weighted by molar-refractivity contribution is 5.96. The van der Waals surface area contributed by atoms with Crippen LogP contribution in [0.2, 0.25) is 0 Å². The maximum Gasteiger partial charge on any atom is 0.274 e. The van der Waals surface area contributed by atoms with Crippen molar-refractivity contribution in [2.45, 2.75) is 13.5 Å². The summed E-state index contributed by atoms with van der Waals surface area (Å²) >= 11 is 0. The van der Waals surface area contributed by atoms with Gasteiger partial charge in [0.2, 0.25) is 0 Å². The summed E-state index contributed by atoms with van der Waals surface area (Å²) in [5, 5.41) is 6.41. The molecule has 1 aromatic heterocycles. The van der Waals surface area contributed by atoms with Gasteiger partial charge >= 0.3 is 0 Å². The first-order chi connectivity index (χ1) is 8.72. The average Bonchev–Trinajstić information content (AvgIpc) is 2.82. The van der Waals surface area contributed by atoms with E-state index in [0.717, 1.165) is 5.56 Å². The van der Waals surface area contributed by atoms with Gasteiger partial charge in [-0.1, -0.05) is 30.3 Å². The number of nitrogens with zero attached hydrogens (tertiary/aromatic N) is 2. The average molecular weight is 244 g/mol. The van der Waals surface area contributed by atoms with Gasteiger partial charge in [0, 0.05) is 13.1 Å². The van der Waals surface area contributed by atoms with Crippen LogP contribution in [0.4, 0.5) is 5.69 Å². The first-order valence-corrected chi connectivity index (χ1v) is 5.84. The molecule has 0 aliphatic rings. The van der Waals surface area contributed by atoms with Gasteiger partial charge in [-0.15, -0.1) is 0 Å². The highest BCUT2D eigenvalue weighted by Gasteiger charge is 2.18. The number of carbonyl (C=O) groups excluding carboxylic acids is 1. The van der Waals surface area contributed by atoms with Crippen molar-refractivity contribution in [1.29, 1.82) is 0 Å². The van der Waals surface area contributed by atoms with E-state index in [1.165, 1.54) is 6.20 Å². The zero-order chi connectivity index (χ0) is 13.0. The quantitative estimate of drug-likeness (QED) is 0.858. The second kappa shape index (κ2) is 5.35. The Hall–Kier alpha value is -2.30. The summed E-state index contributed by atoms with van der Waals surface area (Å²) in [6.07, 6.45) is 1.45. The summed E-state index contributed by atoms with van der Waals surface area (Å²) in [5.74, 6) is -0.128. The lowest BCUT2D eigenvalue weighted by Gasteiger charge is -2.20. The van der Waals surface area contributed by atoms with E-state index >= 15 is 0 Å². The van der Waals surface area contributed by atoms with E-state index in [1.807, 2.05) is 37.3 Å². The zero-order valence-corrected chi connectivity index (χ0v) is 10.3. The fourth-order valence-corrected chi connectivity index (χ4v) is 1.76. The normalized spacial score (nSPS) is 10.3. The molecule has 1 amide bonds. The van der Waals surface area contributed by atoms with Crippen LogP contribution in [0.25, 0.3) is 0 Å². The minimum Gasteiger partial charge on any atom is -0.396 e. The number of nitrogens with one attached hydrogen (secondary N) is 1. The molecule has 0 aliphatic carbocycles. The molecule has 1 aromatic carbocycles. The van der Waals surface area contributed by atoms with Crippen LogP contribution in [-0.4, -0.2) is 27.5 Å². The lowest BCUT2D eigenvalue weighted by molar-refractivity contribution is 0.0747. The number of aromatic amines is 1. The molecule has 2 rings (SSSR count). The molecular formula is C13H16N4O. The van der Waals surface area contributed by atoms with E-state index in [2.05, 4.69) is 10.2 Å². The Balaban J connectivity index is 2.15. The molecule has 0 unspecified atom stereocenters. The standard InChI is InChI=1S/C13H16N4O/c1-2-17(9-10-6-4-3-5-7-10)13(18)12-11(14)8-15-16-12/h3-8H,2,9,14H2,1H3,(H,15,16). The van der Waals surface area contributed by atoms with Crippen LogP contribution in [-0.2, 0) is 6.54 Å². The molecule has 0 radical (unpaired) electrons. The number of hydrogen-bond donors (Lipinski definition) is 2. The molecule has 0 aliphatic heterocycles. The minimum absolute atomic E-state index is 0.128. The number of nitrogen functional groups attached to an aromatic ring is 1. The second-order valence-corrected chi connectivity index (χ2v) is 4.01. The van der Waals surface area contributed by atoms with Crippen LogP contribution in [0.3, 0.4) is 0 Å². The Bertz CT molecular complexity index is 521. The molecule has 0 atom stereocenters. The van der Waals surface area contributed by atoms with E-state index in [9.17, 15) is 4.79 Å². The summed E-state index contributed by atoms with van der Waals surface area (Å²) in [6, 6.07) is 9.85. The smallest absolute Gasteiger partial charge is 0.274 e. The van der Waals surface area contributed by atoms with Crippen molar-refractivity contribution in [3.63, 3.8) is 0 Å². The third kappa shape index (κ3) is 2.51. The van der Waals surface area contributed by atoms with Crippen molar-refractivity contribution < 1.29 is 4.79 Å². The van der Waals surface area contributed by atoms with Gasteiger partial charge in [-0.2, -0.15) is 5.10 Å². The van der Waals surface area contributed by atoms with Crippen LogP contribution < -0.4 is 5.73 Å². The number of hydrogen-bond acceptors (Lipinski definition) is 3. The highest BCUT2D eigenvalue weighted by atomic mass is 16.2. The SMILES string of the molecule is CCN(Cc1ccccc1)C(=O)c1[nH]ncc1N. The Labute approximate surface area is 106 Å². The lowest BCUT2D eigenvalue weighted by atomic mass is 10.2. The molecule has 0 saturated heterocycles. The number of H-pyrrole nitrogens is 1. The van der Waals surface area contributed by atoms with Gasteiger partial charge in [-0.05, 0) is 12.5 Å². The summed E-state index contributed by atoms with van der Waals surface area (Å²) in [7, 11) is 0. The first-order valence-electron chi connectivity index (χ1n) is 5.84. The fourth-order valence-electron chi connectivity index (χ4n) is 1.76. The molecule has 18 heavy (non-hydrogen) atoms. The monoisotopic (exact) mass is 244 g/mol. The van der Waals surface area contributed by atoms with E-state index < -0.39 is 0 Å². The molecular weight excluding hydrogens is 228 g/mol. The maximum absolute atomic E-state index is 12.2. The predicted octanol–water partition coefficient (Wildman–Crippen LogP) is 1.65. The Morgan fingerprint density at radius 1 is 1.39 bits per heavy atom. The Morgan fingerprint density at radius 3 is 2.67 bits per heavy atom. The van der Waals surface area contributed by atoms with Crippen LogP contribution in [0, 0.1) is 0 Å². The summed E-state index contributed by atoms with van der Waals surface area (Å²) < 4.78 is 0. The largest absolute Gasteiger partial charge is 0.396 e. The molecule has 0 saturated carbocycles. The summed E-state index contributed by atoms with van der Waals surface area (Å²) in [6.45, 7) is 3.12. The van der Waals surface area contributed by atoms with Crippen molar-refractivity contribution >= 4 is 11.6 Å². The maximum atomic E-state index is 12.2. The molecule has 2 aromatic rings.